The van der Waals surface area contributed by atoms with E-state index in [1.807, 2.05) is 17.0 Å². The van der Waals surface area contributed by atoms with Gasteiger partial charge in [0.05, 0.1) is 5.02 Å². The Hall–Kier alpha value is -0.330. The Labute approximate surface area is 145 Å². The topological polar surface area (TPSA) is 46.3 Å². The van der Waals surface area contributed by atoms with Crippen LogP contribution in [-0.2, 0) is 0 Å². The van der Waals surface area contributed by atoms with Gasteiger partial charge in [-0.05, 0) is 72.9 Å². The number of hydrogen-bond acceptors (Lipinski definition) is 2. The van der Waals surface area contributed by atoms with Crippen LogP contribution in [0.25, 0.3) is 0 Å². The number of amides is 1. The molecule has 0 heterocycles. The van der Waals surface area contributed by atoms with Crippen LogP contribution < -0.4 is 5.73 Å². The van der Waals surface area contributed by atoms with Crippen LogP contribution in [0.3, 0.4) is 0 Å². The molecule has 0 atom stereocenters. The van der Waals surface area contributed by atoms with Gasteiger partial charge in [0, 0.05) is 27.8 Å². The van der Waals surface area contributed by atoms with E-state index >= 15 is 0 Å². The Bertz CT molecular complexity index is 501. The number of halogens is 2. The predicted octanol–water partition coefficient (Wildman–Crippen LogP) is 4.07. The van der Waals surface area contributed by atoms with Crippen molar-refractivity contribution in [3.63, 3.8) is 0 Å². The lowest BCUT2D eigenvalue weighted by Gasteiger charge is -2.36. The summed E-state index contributed by atoms with van der Waals surface area (Å²) in [6.07, 6.45) is 4.99. The molecule has 2 N–H and O–H groups in total. The SMILES string of the molecule is CCCN(C(=O)c1ccc(I)c(Cl)c1)C1CCC(N)CC1. The highest BCUT2D eigenvalue weighted by atomic mass is 127. The number of nitrogens with zero attached hydrogens (tertiary/aromatic N) is 1. The Morgan fingerprint density at radius 2 is 2.05 bits per heavy atom. The molecule has 5 heteroatoms. The fourth-order valence-corrected chi connectivity index (χ4v) is 3.42. The highest BCUT2D eigenvalue weighted by Gasteiger charge is 2.28. The molecule has 21 heavy (non-hydrogen) atoms. The first kappa shape index (κ1) is 17.0. The van der Waals surface area contributed by atoms with E-state index in [0.29, 0.717) is 22.7 Å². The summed E-state index contributed by atoms with van der Waals surface area (Å²) in [5, 5.41) is 0.642. The second-order valence-electron chi connectivity index (χ2n) is 5.70. The molecule has 1 aromatic rings. The minimum Gasteiger partial charge on any atom is -0.336 e. The monoisotopic (exact) mass is 420 g/mol. The molecule has 0 saturated heterocycles. The molecule has 3 nitrogen and oxygen atoms in total. The van der Waals surface area contributed by atoms with Crippen molar-refractivity contribution in [1.29, 1.82) is 0 Å². The Morgan fingerprint density at radius 1 is 1.38 bits per heavy atom. The van der Waals surface area contributed by atoms with E-state index in [2.05, 4.69) is 29.5 Å². The summed E-state index contributed by atoms with van der Waals surface area (Å²) in [6, 6.07) is 6.16. The smallest absolute Gasteiger partial charge is 0.254 e. The van der Waals surface area contributed by atoms with Crippen molar-refractivity contribution in [2.45, 2.75) is 51.1 Å². The molecule has 1 fully saturated rings. The minimum absolute atomic E-state index is 0.0932. The van der Waals surface area contributed by atoms with E-state index in [1.54, 1.807) is 6.07 Å². The largest absolute Gasteiger partial charge is 0.336 e. The molecule has 1 saturated carbocycles. The normalized spacial score (nSPS) is 22.1. The van der Waals surface area contributed by atoms with Gasteiger partial charge in [0.15, 0.2) is 0 Å². The lowest BCUT2D eigenvalue weighted by molar-refractivity contribution is 0.0626. The average Bonchev–Trinajstić information content (AvgIpc) is 2.48. The van der Waals surface area contributed by atoms with Crippen LogP contribution in [-0.4, -0.2) is 29.4 Å². The molecule has 2 rings (SSSR count). The summed E-state index contributed by atoms with van der Waals surface area (Å²) in [5.74, 6) is 0.0932. The van der Waals surface area contributed by atoms with Crippen molar-refractivity contribution in [2.75, 3.05) is 6.54 Å². The fourth-order valence-electron chi connectivity index (χ4n) is 2.90. The number of hydrogen-bond donors (Lipinski definition) is 1. The molecule has 1 aliphatic rings. The van der Waals surface area contributed by atoms with Crippen LogP contribution in [0.2, 0.25) is 5.02 Å². The molecule has 1 amide bonds. The van der Waals surface area contributed by atoms with Crippen molar-refractivity contribution in [3.8, 4) is 0 Å². The standard InChI is InChI=1S/C16H22ClIN2O/c1-2-9-20(13-6-4-12(19)5-7-13)16(21)11-3-8-15(18)14(17)10-11/h3,8,10,12-13H,2,4-7,9,19H2,1H3. The van der Waals surface area contributed by atoms with Crippen LogP contribution in [0.4, 0.5) is 0 Å². The average molecular weight is 421 g/mol. The third-order valence-corrected chi connectivity index (χ3v) is 5.65. The number of carbonyl (C=O) groups is 1. The molecule has 0 unspecified atom stereocenters. The zero-order chi connectivity index (χ0) is 15.4. The number of carbonyl (C=O) groups excluding carboxylic acids is 1. The highest BCUT2D eigenvalue weighted by molar-refractivity contribution is 14.1. The second-order valence-corrected chi connectivity index (χ2v) is 7.27. The molecule has 0 aliphatic heterocycles. The molecule has 0 bridgehead atoms. The summed E-state index contributed by atoms with van der Waals surface area (Å²) in [6.45, 7) is 2.90. The first-order chi connectivity index (χ1) is 10.0. The number of nitrogens with two attached hydrogens (primary N) is 1. The third kappa shape index (κ3) is 4.33. The van der Waals surface area contributed by atoms with Gasteiger partial charge in [0.25, 0.3) is 5.91 Å². The van der Waals surface area contributed by atoms with Gasteiger partial charge in [-0.2, -0.15) is 0 Å². The summed E-state index contributed by atoms with van der Waals surface area (Å²) in [4.78, 5) is 14.8. The Kier molecular flexibility index (Phi) is 6.32. The summed E-state index contributed by atoms with van der Waals surface area (Å²) in [7, 11) is 0. The van der Waals surface area contributed by atoms with E-state index in [4.69, 9.17) is 17.3 Å². The molecule has 1 aliphatic carbocycles. The highest BCUT2D eigenvalue weighted by Crippen LogP contribution is 2.26. The zero-order valence-corrected chi connectivity index (χ0v) is 15.2. The second kappa shape index (κ2) is 7.79. The van der Waals surface area contributed by atoms with Crippen molar-refractivity contribution < 1.29 is 4.79 Å². The van der Waals surface area contributed by atoms with E-state index in [9.17, 15) is 4.79 Å². The lowest BCUT2D eigenvalue weighted by atomic mass is 9.90. The maximum atomic E-state index is 12.8. The predicted molar refractivity (Wildman–Crippen MR) is 95.7 cm³/mol. The molecule has 0 spiro atoms. The van der Waals surface area contributed by atoms with E-state index < -0.39 is 0 Å². The van der Waals surface area contributed by atoms with E-state index in [1.165, 1.54) is 0 Å². The van der Waals surface area contributed by atoms with Gasteiger partial charge >= 0.3 is 0 Å². The van der Waals surface area contributed by atoms with Gasteiger partial charge in [-0.15, -0.1) is 0 Å². The van der Waals surface area contributed by atoms with Gasteiger partial charge in [-0.25, -0.2) is 0 Å². The van der Waals surface area contributed by atoms with Crippen molar-refractivity contribution in [3.05, 3.63) is 32.4 Å². The van der Waals surface area contributed by atoms with Gasteiger partial charge in [-0.3, -0.25) is 4.79 Å². The summed E-state index contributed by atoms with van der Waals surface area (Å²) in [5.41, 5.74) is 6.66. The minimum atomic E-state index is 0.0932. The quantitative estimate of drug-likeness (QED) is 0.747. The summed E-state index contributed by atoms with van der Waals surface area (Å²) >= 11 is 8.32. The van der Waals surface area contributed by atoms with Crippen LogP contribution in [0.1, 0.15) is 49.4 Å². The zero-order valence-electron chi connectivity index (χ0n) is 12.3. The van der Waals surface area contributed by atoms with Crippen LogP contribution in [0.15, 0.2) is 18.2 Å². The van der Waals surface area contributed by atoms with Crippen molar-refractivity contribution >= 4 is 40.1 Å². The van der Waals surface area contributed by atoms with Crippen LogP contribution in [0, 0.1) is 3.57 Å². The van der Waals surface area contributed by atoms with E-state index in [0.717, 1.165) is 42.2 Å². The van der Waals surface area contributed by atoms with Gasteiger partial charge in [0.1, 0.15) is 0 Å². The first-order valence-corrected chi connectivity index (χ1v) is 9.00. The molecule has 0 radical (unpaired) electrons. The summed E-state index contributed by atoms with van der Waals surface area (Å²) < 4.78 is 0.969. The number of rotatable bonds is 4. The molecule has 0 aromatic heterocycles. The van der Waals surface area contributed by atoms with Crippen LogP contribution in [0.5, 0.6) is 0 Å². The fraction of sp³-hybridized carbons (Fsp3) is 0.562. The lowest BCUT2D eigenvalue weighted by Crippen LogP contribution is -2.44. The molecule has 116 valence electrons. The Morgan fingerprint density at radius 3 is 2.62 bits per heavy atom. The third-order valence-electron chi connectivity index (χ3n) is 4.07. The van der Waals surface area contributed by atoms with Gasteiger partial charge < -0.3 is 10.6 Å². The van der Waals surface area contributed by atoms with Gasteiger partial charge in [-0.1, -0.05) is 18.5 Å². The maximum absolute atomic E-state index is 12.8. The first-order valence-electron chi connectivity index (χ1n) is 7.54. The maximum Gasteiger partial charge on any atom is 0.254 e. The van der Waals surface area contributed by atoms with Crippen molar-refractivity contribution in [2.24, 2.45) is 5.73 Å². The molecular formula is C16H22ClIN2O. The van der Waals surface area contributed by atoms with Crippen molar-refractivity contribution in [1.82, 2.24) is 4.90 Å². The number of benzene rings is 1. The Balaban J connectivity index is 2.16. The van der Waals surface area contributed by atoms with E-state index in [-0.39, 0.29) is 5.91 Å². The molecule has 1 aromatic carbocycles. The molecular weight excluding hydrogens is 399 g/mol. The van der Waals surface area contributed by atoms with Gasteiger partial charge in [0.2, 0.25) is 0 Å². The van der Waals surface area contributed by atoms with Crippen LogP contribution >= 0.6 is 34.2 Å².